The second-order valence-corrected chi connectivity index (χ2v) is 5.63. The third kappa shape index (κ3) is 4.51. The Bertz CT molecular complexity index is 311. The topological polar surface area (TPSA) is 12.0 Å². The normalized spacial score (nSPS) is 13.4. The fourth-order valence-electron chi connectivity index (χ4n) is 2.09. The van der Waals surface area contributed by atoms with Gasteiger partial charge in [-0.2, -0.15) is 0 Å². The highest BCUT2D eigenvalue weighted by Crippen LogP contribution is 2.23. The second-order valence-electron chi connectivity index (χ2n) is 5.63. The van der Waals surface area contributed by atoms with E-state index in [0.717, 1.165) is 5.92 Å². The predicted octanol–water partition coefficient (Wildman–Crippen LogP) is 4.51. The Labute approximate surface area is 107 Å². The molecule has 0 radical (unpaired) electrons. The van der Waals surface area contributed by atoms with Crippen LogP contribution in [0, 0.1) is 5.92 Å². The molecule has 0 spiro atoms. The first-order valence-electron chi connectivity index (χ1n) is 6.81. The van der Waals surface area contributed by atoms with Crippen LogP contribution in [0.1, 0.15) is 63.6 Å². The smallest absolute Gasteiger partial charge is 0.0317 e. The van der Waals surface area contributed by atoms with Crippen molar-refractivity contribution in [1.29, 1.82) is 0 Å². The zero-order chi connectivity index (χ0) is 12.8. The first kappa shape index (κ1) is 14.2. The van der Waals surface area contributed by atoms with E-state index in [1.807, 2.05) is 0 Å². The average Bonchev–Trinajstić information content (AvgIpc) is 2.30. The van der Waals surface area contributed by atoms with Gasteiger partial charge in [-0.05, 0) is 42.9 Å². The van der Waals surface area contributed by atoms with E-state index in [-0.39, 0.29) is 0 Å². The highest BCUT2D eigenvalue weighted by Gasteiger charge is 2.10. The standard InChI is InChI=1S/C16H27N/c1-12(2)6-11-16(17-5)15-9-7-14(8-10-15)13(3)4/h7-10,12-13,16-17H,6,11H2,1-5H3. The number of benzene rings is 1. The summed E-state index contributed by atoms with van der Waals surface area (Å²) in [5.41, 5.74) is 2.84. The van der Waals surface area contributed by atoms with Gasteiger partial charge < -0.3 is 5.32 Å². The Morgan fingerprint density at radius 3 is 1.82 bits per heavy atom. The van der Waals surface area contributed by atoms with Crippen molar-refractivity contribution in [3.8, 4) is 0 Å². The van der Waals surface area contributed by atoms with E-state index in [1.54, 1.807) is 0 Å². The SMILES string of the molecule is CNC(CCC(C)C)c1ccc(C(C)C)cc1. The Kier molecular flexibility index (Phi) is 5.70. The summed E-state index contributed by atoms with van der Waals surface area (Å²) >= 11 is 0. The molecule has 0 heterocycles. The molecule has 1 atom stereocenters. The van der Waals surface area contributed by atoms with E-state index in [1.165, 1.54) is 24.0 Å². The molecule has 1 N–H and O–H groups in total. The molecule has 0 saturated heterocycles. The molecule has 1 heteroatoms. The van der Waals surface area contributed by atoms with E-state index >= 15 is 0 Å². The number of hydrogen-bond acceptors (Lipinski definition) is 1. The lowest BCUT2D eigenvalue weighted by Crippen LogP contribution is -2.17. The van der Waals surface area contributed by atoms with Gasteiger partial charge in [-0.25, -0.2) is 0 Å². The Hall–Kier alpha value is -0.820. The number of nitrogens with one attached hydrogen (secondary N) is 1. The van der Waals surface area contributed by atoms with Crippen LogP contribution >= 0.6 is 0 Å². The summed E-state index contributed by atoms with van der Waals surface area (Å²) in [6.45, 7) is 9.05. The van der Waals surface area contributed by atoms with Gasteiger partial charge in [0.2, 0.25) is 0 Å². The highest BCUT2D eigenvalue weighted by molar-refractivity contribution is 5.26. The van der Waals surface area contributed by atoms with Crippen LogP contribution in [0.25, 0.3) is 0 Å². The molecule has 1 unspecified atom stereocenters. The molecule has 96 valence electrons. The van der Waals surface area contributed by atoms with Crippen molar-refractivity contribution in [2.75, 3.05) is 7.05 Å². The second kappa shape index (κ2) is 6.80. The van der Waals surface area contributed by atoms with E-state index < -0.39 is 0 Å². The van der Waals surface area contributed by atoms with Gasteiger partial charge in [-0.15, -0.1) is 0 Å². The molecule has 0 bridgehead atoms. The van der Waals surface area contributed by atoms with Crippen LogP contribution in [0.3, 0.4) is 0 Å². The fraction of sp³-hybridized carbons (Fsp3) is 0.625. The molecule has 1 aromatic rings. The summed E-state index contributed by atoms with van der Waals surface area (Å²) in [6.07, 6.45) is 2.49. The maximum absolute atomic E-state index is 3.42. The summed E-state index contributed by atoms with van der Waals surface area (Å²) in [5, 5.41) is 3.42. The van der Waals surface area contributed by atoms with Gasteiger partial charge in [-0.3, -0.25) is 0 Å². The van der Waals surface area contributed by atoms with Gasteiger partial charge in [0.05, 0.1) is 0 Å². The minimum absolute atomic E-state index is 0.499. The van der Waals surface area contributed by atoms with E-state index in [9.17, 15) is 0 Å². The summed E-state index contributed by atoms with van der Waals surface area (Å²) in [7, 11) is 2.06. The van der Waals surface area contributed by atoms with Crippen molar-refractivity contribution in [2.45, 2.75) is 52.5 Å². The molecule has 0 aliphatic heterocycles. The molecule has 1 nitrogen and oxygen atoms in total. The molecule has 0 aliphatic carbocycles. The molecular formula is C16H27N. The summed E-state index contributed by atoms with van der Waals surface area (Å²) in [5.74, 6) is 1.40. The van der Waals surface area contributed by atoms with E-state index in [2.05, 4.69) is 64.3 Å². The Balaban J connectivity index is 2.68. The molecule has 0 amide bonds. The van der Waals surface area contributed by atoms with Gasteiger partial charge >= 0.3 is 0 Å². The largest absolute Gasteiger partial charge is 0.313 e. The zero-order valence-electron chi connectivity index (χ0n) is 12.0. The lowest BCUT2D eigenvalue weighted by Gasteiger charge is -2.18. The first-order chi connectivity index (χ1) is 8.04. The van der Waals surface area contributed by atoms with Crippen LogP contribution in [-0.2, 0) is 0 Å². The third-order valence-electron chi connectivity index (χ3n) is 3.39. The maximum atomic E-state index is 3.42. The van der Waals surface area contributed by atoms with Crippen molar-refractivity contribution in [2.24, 2.45) is 5.92 Å². The molecule has 1 aromatic carbocycles. The van der Waals surface area contributed by atoms with Gasteiger partial charge in [0.1, 0.15) is 0 Å². The number of hydrogen-bond donors (Lipinski definition) is 1. The minimum Gasteiger partial charge on any atom is -0.313 e. The van der Waals surface area contributed by atoms with Crippen molar-refractivity contribution >= 4 is 0 Å². The van der Waals surface area contributed by atoms with Crippen LogP contribution in [0.15, 0.2) is 24.3 Å². The molecular weight excluding hydrogens is 206 g/mol. The van der Waals surface area contributed by atoms with Gasteiger partial charge in [0, 0.05) is 6.04 Å². The van der Waals surface area contributed by atoms with Gasteiger partial charge in [0.15, 0.2) is 0 Å². The van der Waals surface area contributed by atoms with Crippen molar-refractivity contribution in [3.05, 3.63) is 35.4 Å². The predicted molar refractivity (Wildman–Crippen MR) is 76.4 cm³/mol. The molecule has 0 fully saturated rings. The third-order valence-corrected chi connectivity index (χ3v) is 3.39. The summed E-state index contributed by atoms with van der Waals surface area (Å²) in [4.78, 5) is 0. The van der Waals surface area contributed by atoms with Crippen LogP contribution in [-0.4, -0.2) is 7.05 Å². The Morgan fingerprint density at radius 2 is 1.41 bits per heavy atom. The summed E-state index contributed by atoms with van der Waals surface area (Å²) < 4.78 is 0. The lowest BCUT2D eigenvalue weighted by atomic mass is 9.95. The van der Waals surface area contributed by atoms with Gasteiger partial charge in [0.25, 0.3) is 0 Å². The zero-order valence-corrected chi connectivity index (χ0v) is 12.0. The quantitative estimate of drug-likeness (QED) is 0.762. The molecule has 0 aliphatic rings. The van der Waals surface area contributed by atoms with Crippen molar-refractivity contribution < 1.29 is 0 Å². The maximum Gasteiger partial charge on any atom is 0.0317 e. The molecule has 0 aromatic heterocycles. The molecule has 1 rings (SSSR count). The fourth-order valence-corrected chi connectivity index (χ4v) is 2.09. The average molecular weight is 233 g/mol. The van der Waals surface area contributed by atoms with E-state index in [4.69, 9.17) is 0 Å². The van der Waals surface area contributed by atoms with Crippen molar-refractivity contribution in [3.63, 3.8) is 0 Å². The lowest BCUT2D eigenvalue weighted by molar-refractivity contribution is 0.465. The number of rotatable bonds is 6. The van der Waals surface area contributed by atoms with E-state index in [0.29, 0.717) is 12.0 Å². The monoisotopic (exact) mass is 233 g/mol. The minimum atomic E-state index is 0.499. The van der Waals surface area contributed by atoms with Gasteiger partial charge in [-0.1, -0.05) is 52.0 Å². The Morgan fingerprint density at radius 1 is 0.882 bits per heavy atom. The van der Waals surface area contributed by atoms with Crippen LogP contribution in [0.2, 0.25) is 0 Å². The first-order valence-corrected chi connectivity index (χ1v) is 6.81. The van der Waals surface area contributed by atoms with Crippen LogP contribution in [0.5, 0.6) is 0 Å². The van der Waals surface area contributed by atoms with Crippen LogP contribution < -0.4 is 5.32 Å². The molecule has 0 saturated carbocycles. The van der Waals surface area contributed by atoms with Crippen molar-refractivity contribution in [1.82, 2.24) is 5.32 Å². The molecule has 17 heavy (non-hydrogen) atoms. The van der Waals surface area contributed by atoms with Crippen LogP contribution in [0.4, 0.5) is 0 Å². The highest BCUT2D eigenvalue weighted by atomic mass is 14.9. The summed E-state index contributed by atoms with van der Waals surface area (Å²) in [6, 6.07) is 9.58.